The van der Waals surface area contributed by atoms with Crippen molar-refractivity contribution >= 4 is 39.6 Å². The van der Waals surface area contributed by atoms with E-state index < -0.39 is 0 Å². The molecule has 2 N–H and O–H groups in total. The molecular weight excluding hydrogens is 356 g/mol. The Balaban J connectivity index is 1.65. The van der Waals surface area contributed by atoms with Gasteiger partial charge in [-0.1, -0.05) is 47.7 Å². The van der Waals surface area contributed by atoms with Gasteiger partial charge in [0.2, 0.25) is 16.9 Å². The SMILES string of the molecule is CC(=O)N[C@@H](CC(=O)Nc1nnc(-c2ccccc2)s1)c1cccs1. The fourth-order valence-electron chi connectivity index (χ4n) is 2.28. The highest BCUT2D eigenvalue weighted by Crippen LogP contribution is 2.27. The molecule has 0 aliphatic carbocycles. The maximum absolute atomic E-state index is 12.3. The van der Waals surface area contributed by atoms with Crippen LogP contribution in [0.4, 0.5) is 5.13 Å². The van der Waals surface area contributed by atoms with Crippen molar-refractivity contribution in [2.75, 3.05) is 5.32 Å². The fourth-order valence-corrected chi connectivity index (χ4v) is 3.83. The van der Waals surface area contributed by atoms with Gasteiger partial charge in [-0.15, -0.1) is 21.5 Å². The van der Waals surface area contributed by atoms with Gasteiger partial charge in [-0.2, -0.15) is 0 Å². The van der Waals surface area contributed by atoms with Crippen molar-refractivity contribution in [2.24, 2.45) is 0 Å². The first-order valence-electron chi connectivity index (χ1n) is 7.61. The number of nitrogens with one attached hydrogen (secondary N) is 2. The monoisotopic (exact) mass is 372 g/mol. The molecule has 8 heteroatoms. The molecule has 0 aliphatic heterocycles. The van der Waals surface area contributed by atoms with Crippen LogP contribution in [-0.2, 0) is 9.59 Å². The molecule has 2 heterocycles. The first-order chi connectivity index (χ1) is 12.1. The number of thiophene rings is 1. The van der Waals surface area contributed by atoms with Gasteiger partial charge in [0.1, 0.15) is 5.01 Å². The van der Waals surface area contributed by atoms with Crippen molar-refractivity contribution < 1.29 is 9.59 Å². The van der Waals surface area contributed by atoms with Crippen LogP contribution in [0.2, 0.25) is 0 Å². The zero-order valence-electron chi connectivity index (χ0n) is 13.4. The maximum atomic E-state index is 12.3. The normalized spacial score (nSPS) is 11.7. The Morgan fingerprint density at radius 3 is 2.60 bits per heavy atom. The van der Waals surface area contributed by atoms with E-state index in [4.69, 9.17) is 0 Å². The van der Waals surface area contributed by atoms with Gasteiger partial charge >= 0.3 is 0 Å². The summed E-state index contributed by atoms with van der Waals surface area (Å²) in [6, 6.07) is 13.1. The van der Waals surface area contributed by atoms with Gasteiger partial charge in [0, 0.05) is 17.4 Å². The Morgan fingerprint density at radius 1 is 1.12 bits per heavy atom. The van der Waals surface area contributed by atoms with Crippen LogP contribution >= 0.6 is 22.7 Å². The summed E-state index contributed by atoms with van der Waals surface area (Å²) in [6.45, 7) is 1.44. The van der Waals surface area contributed by atoms with Crippen molar-refractivity contribution in [3.63, 3.8) is 0 Å². The molecule has 3 rings (SSSR count). The maximum Gasteiger partial charge on any atom is 0.228 e. The average Bonchev–Trinajstić information content (AvgIpc) is 3.26. The van der Waals surface area contributed by atoms with E-state index in [1.54, 1.807) is 0 Å². The van der Waals surface area contributed by atoms with Crippen molar-refractivity contribution in [3.8, 4) is 10.6 Å². The Labute approximate surface area is 152 Å². The first-order valence-corrected chi connectivity index (χ1v) is 9.30. The molecule has 2 amide bonds. The van der Waals surface area contributed by atoms with E-state index in [0.29, 0.717) is 5.13 Å². The highest BCUT2D eigenvalue weighted by atomic mass is 32.1. The Bertz CT molecular complexity index is 847. The number of amides is 2. The summed E-state index contributed by atoms with van der Waals surface area (Å²) in [7, 11) is 0. The molecule has 0 spiro atoms. The molecule has 2 aromatic heterocycles. The van der Waals surface area contributed by atoms with Crippen LogP contribution in [-0.4, -0.2) is 22.0 Å². The fraction of sp³-hybridized carbons (Fsp3) is 0.176. The summed E-state index contributed by atoms with van der Waals surface area (Å²) >= 11 is 2.82. The Hall–Kier alpha value is -2.58. The van der Waals surface area contributed by atoms with E-state index in [2.05, 4.69) is 20.8 Å². The van der Waals surface area contributed by atoms with Crippen LogP contribution in [0.1, 0.15) is 24.3 Å². The third kappa shape index (κ3) is 4.71. The Morgan fingerprint density at radius 2 is 1.92 bits per heavy atom. The number of nitrogens with zero attached hydrogens (tertiary/aromatic N) is 2. The highest BCUT2D eigenvalue weighted by molar-refractivity contribution is 7.18. The summed E-state index contributed by atoms with van der Waals surface area (Å²) in [4.78, 5) is 24.7. The number of carbonyl (C=O) groups is 2. The van der Waals surface area contributed by atoms with Gasteiger partial charge in [-0.05, 0) is 11.4 Å². The molecule has 0 fully saturated rings. The minimum atomic E-state index is -0.348. The number of rotatable bonds is 6. The zero-order valence-corrected chi connectivity index (χ0v) is 15.1. The first kappa shape index (κ1) is 17.2. The molecule has 3 aromatic rings. The summed E-state index contributed by atoms with van der Waals surface area (Å²) < 4.78 is 0. The predicted molar refractivity (Wildman–Crippen MR) is 99.5 cm³/mol. The molecule has 128 valence electrons. The lowest BCUT2D eigenvalue weighted by atomic mass is 10.1. The summed E-state index contributed by atoms with van der Waals surface area (Å²) in [5.41, 5.74) is 0.954. The van der Waals surface area contributed by atoms with E-state index in [0.717, 1.165) is 15.4 Å². The quantitative estimate of drug-likeness (QED) is 0.694. The van der Waals surface area contributed by atoms with Crippen LogP contribution in [0.3, 0.4) is 0 Å². The number of carbonyl (C=O) groups excluding carboxylic acids is 2. The van der Waals surface area contributed by atoms with E-state index in [9.17, 15) is 9.59 Å². The van der Waals surface area contributed by atoms with Gasteiger partial charge in [0.25, 0.3) is 0 Å². The second-order valence-electron chi connectivity index (χ2n) is 5.30. The van der Waals surface area contributed by atoms with Gasteiger partial charge in [-0.25, -0.2) is 0 Å². The van der Waals surface area contributed by atoms with Crippen LogP contribution in [0.15, 0.2) is 47.8 Å². The lowest BCUT2D eigenvalue weighted by Crippen LogP contribution is -2.29. The van der Waals surface area contributed by atoms with Gasteiger partial charge in [-0.3, -0.25) is 9.59 Å². The smallest absolute Gasteiger partial charge is 0.228 e. The molecule has 0 unspecified atom stereocenters. The average molecular weight is 372 g/mol. The van der Waals surface area contributed by atoms with Crippen molar-refractivity contribution in [1.82, 2.24) is 15.5 Å². The van der Waals surface area contributed by atoms with Crippen molar-refractivity contribution in [2.45, 2.75) is 19.4 Å². The minimum absolute atomic E-state index is 0.139. The molecule has 0 bridgehead atoms. The second kappa shape index (κ2) is 8.00. The summed E-state index contributed by atoms with van der Waals surface area (Å²) in [6.07, 6.45) is 0.139. The van der Waals surface area contributed by atoms with Crippen LogP contribution < -0.4 is 10.6 Å². The van der Waals surface area contributed by atoms with Crippen molar-refractivity contribution in [3.05, 3.63) is 52.7 Å². The van der Waals surface area contributed by atoms with Gasteiger partial charge in [0.05, 0.1) is 12.5 Å². The molecular formula is C17H16N4O2S2. The van der Waals surface area contributed by atoms with Crippen LogP contribution in [0.25, 0.3) is 10.6 Å². The summed E-state index contributed by atoms with van der Waals surface area (Å²) in [5, 5.41) is 16.8. The second-order valence-corrected chi connectivity index (χ2v) is 7.26. The number of aromatic nitrogens is 2. The van der Waals surface area contributed by atoms with E-state index >= 15 is 0 Å². The molecule has 0 saturated carbocycles. The standard InChI is InChI=1S/C17H16N4O2S2/c1-11(22)18-13(14-8-5-9-24-14)10-15(23)19-17-21-20-16(25-17)12-6-3-2-4-7-12/h2-9,13H,10H2,1H3,(H,18,22)(H,19,21,23)/t13-/m0/s1. The molecule has 6 nitrogen and oxygen atoms in total. The van der Waals surface area contributed by atoms with Crippen LogP contribution in [0.5, 0.6) is 0 Å². The number of benzene rings is 1. The third-order valence-corrected chi connectivity index (χ3v) is 5.22. The molecule has 0 saturated heterocycles. The van der Waals surface area contributed by atoms with Crippen LogP contribution in [0, 0.1) is 0 Å². The largest absolute Gasteiger partial charge is 0.348 e. The number of anilines is 1. The molecule has 0 radical (unpaired) electrons. The van der Waals surface area contributed by atoms with E-state index in [-0.39, 0.29) is 24.3 Å². The zero-order chi connectivity index (χ0) is 17.6. The number of hydrogen-bond acceptors (Lipinski definition) is 6. The van der Waals surface area contributed by atoms with Crippen molar-refractivity contribution in [1.29, 1.82) is 0 Å². The summed E-state index contributed by atoms with van der Waals surface area (Å²) in [5.74, 6) is -0.392. The van der Waals surface area contributed by atoms with E-state index in [1.807, 2.05) is 47.8 Å². The highest BCUT2D eigenvalue weighted by Gasteiger charge is 2.19. The molecule has 1 aromatic carbocycles. The van der Waals surface area contributed by atoms with Gasteiger partial charge in [0.15, 0.2) is 0 Å². The lowest BCUT2D eigenvalue weighted by Gasteiger charge is -2.15. The topological polar surface area (TPSA) is 84.0 Å². The Kier molecular flexibility index (Phi) is 5.52. The predicted octanol–water partition coefficient (Wildman–Crippen LogP) is 3.47. The molecule has 0 aliphatic rings. The third-order valence-electron chi connectivity index (χ3n) is 3.35. The van der Waals surface area contributed by atoms with E-state index in [1.165, 1.54) is 29.6 Å². The van der Waals surface area contributed by atoms with Gasteiger partial charge < -0.3 is 10.6 Å². The minimum Gasteiger partial charge on any atom is -0.348 e. The molecule has 25 heavy (non-hydrogen) atoms. The molecule has 1 atom stereocenters. The lowest BCUT2D eigenvalue weighted by molar-refractivity contribution is -0.120. The number of hydrogen-bond donors (Lipinski definition) is 2.